The third-order valence-corrected chi connectivity index (χ3v) is 4.77. The van der Waals surface area contributed by atoms with Crippen LogP contribution >= 0.6 is 15.9 Å². The fourth-order valence-corrected chi connectivity index (χ4v) is 2.75. The summed E-state index contributed by atoms with van der Waals surface area (Å²) in [5.74, 6) is 0.577. The summed E-state index contributed by atoms with van der Waals surface area (Å²) in [7, 11) is 0. The van der Waals surface area contributed by atoms with Crippen molar-refractivity contribution in [1.82, 2.24) is 9.78 Å². The van der Waals surface area contributed by atoms with Gasteiger partial charge in [0.1, 0.15) is 0 Å². The zero-order valence-electron chi connectivity index (χ0n) is 11.0. The van der Waals surface area contributed by atoms with Crippen molar-refractivity contribution in [2.75, 3.05) is 12.3 Å². The van der Waals surface area contributed by atoms with Gasteiger partial charge in [-0.3, -0.25) is 0 Å². The first-order valence-corrected chi connectivity index (χ1v) is 7.08. The molecule has 1 aliphatic rings. The van der Waals surface area contributed by atoms with E-state index >= 15 is 0 Å². The predicted molar refractivity (Wildman–Crippen MR) is 78.5 cm³/mol. The van der Waals surface area contributed by atoms with Gasteiger partial charge in [0.05, 0.1) is 24.6 Å². The van der Waals surface area contributed by atoms with Crippen molar-refractivity contribution in [3.05, 3.63) is 39.0 Å². The number of rotatable bonds is 1. The molecule has 1 aromatic carbocycles. The quantitative estimate of drug-likeness (QED) is 0.878. The molecule has 3 rings (SSSR count). The average molecular weight is 322 g/mol. The summed E-state index contributed by atoms with van der Waals surface area (Å²) < 4.78 is 8.56. The Kier molecular flexibility index (Phi) is 3.11. The molecule has 2 N–H and O–H groups in total. The highest BCUT2D eigenvalue weighted by molar-refractivity contribution is 9.10. The van der Waals surface area contributed by atoms with Gasteiger partial charge in [0.25, 0.3) is 0 Å². The van der Waals surface area contributed by atoms with E-state index in [0.717, 1.165) is 28.8 Å². The Morgan fingerprint density at radius 2 is 2.00 bits per heavy atom. The second-order valence-corrected chi connectivity index (χ2v) is 5.71. The van der Waals surface area contributed by atoms with Crippen LogP contribution in [0.4, 0.5) is 5.82 Å². The molecule has 4 nitrogen and oxygen atoms in total. The molecule has 0 radical (unpaired) electrons. The summed E-state index contributed by atoms with van der Waals surface area (Å²) in [5, 5.41) is 4.47. The number of fused-ring (bicyclic) bond motifs is 1. The van der Waals surface area contributed by atoms with Gasteiger partial charge in [-0.15, -0.1) is 0 Å². The number of hydrogen-bond donors (Lipinski definition) is 1. The smallest absolute Gasteiger partial charge is 0.151 e. The van der Waals surface area contributed by atoms with Crippen LogP contribution in [-0.2, 0) is 17.8 Å². The van der Waals surface area contributed by atoms with Crippen LogP contribution in [0.15, 0.2) is 16.6 Å². The van der Waals surface area contributed by atoms with Gasteiger partial charge in [0.2, 0.25) is 0 Å². The van der Waals surface area contributed by atoms with Crippen molar-refractivity contribution >= 4 is 21.7 Å². The van der Waals surface area contributed by atoms with E-state index in [2.05, 4.69) is 47.0 Å². The van der Waals surface area contributed by atoms with Gasteiger partial charge in [0.15, 0.2) is 5.82 Å². The number of ether oxygens (including phenoxy) is 1. The lowest BCUT2D eigenvalue weighted by Gasteiger charge is -2.15. The Bertz CT molecular complexity index is 625. The van der Waals surface area contributed by atoms with Crippen LogP contribution in [0.25, 0.3) is 5.69 Å². The molecule has 0 atom stereocenters. The number of benzene rings is 1. The number of anilines is 1. The topological polar surface area (TPSA) is 53.1 Å². The Hall–Kier alpha value is -1.33. The zero-order chi connectivity index (χ0) is 13.6. The fourth-order valence-electron chi connectivity index (χ4n) is 2.52. The summed E-state index contributed by atoms with van der Waals surface area (Å²) in [6, 6.07) is 4.25. The Balaban J connectivity index is 2.17. The number of hydrogen-bond acceptors (Lipinski definition) is 3. The van der Waals surface area contributed by atoms with Gasteiger partial charge in [-0.2, -0.15) is 5.10 Å². The summed E-state index contributed by atoms with van der Waals surface area (Å²) >= 11 is 3.59. The molecule has 2 aromatic rings. The molecule has 19 heavy (non-hydrogen) atoms. The van der Waals surface area contributed by atoms with E-state index in [-0.39, 0.29) is 0 Å². The van der Waals surface area contributed by atoms with E-state index in [1.54, 1.807) is 0 Å². The minimum Gasteiger partial charge on any atom is -0.382 e. The number of aryl methyl sites for hydroxylation is 2. The van der Waals surface area contributed by atoms with Crippen LogP contribution in [0.5, 0.6) is 0 Å². The monoisotopic (exact) mass is 321 g/mol. The highest BCUT2D eigenvalue weighted by atomic mass is 79.9. The van der Waals surface area contributed by atoms with Gasteiger partial charge in [-0.25, -0.2) is 4.68 Å². The molecule has 0 saturated heterocycles. The molecule has 5 heteroatoms. The molecule has 0 amide bonds. The van der Waals surface area contributed by atoms with Crippen molar-refractivity contribution in [3.63, 3.8) is 0 Å². The number of nitrogens with zero attached hydrogens (tertiary/aromatic N) is 2. The summed E-state index contributed by atoms with van der Waals surface area (Å²) in [6.07, 6.45) is 0.855. The fraction of sp³-hybridized carbons (Fsp3) is 0.357. The lowest BCUT2D eigenvalue weighted by atomic mass is 10.1. The minimum atomic E-state index is 0.565. The van der Waals surface area contributed by atoms with Crippen LogP contribution in [0.2, 0.25) is 0 Å². The molecule has 2 heterocycles. The summed E-state index contributed by atoms with van der Waals surface area (Å²) in [6.45, 7) is 5.47. The van der Waals surface area contributed by atoms with Crippen molar-refractivity contribution < 1.29 is 4.74 Å². The molecule has 0 bridgehead atoms. The molecule has 0 unspecified atom stereocenters. The van der Waals surface area contributed by atoms with Crippen molar-refractivity contribution in [3.8, 4) is 5.69 Å². The molecular formula is C14H16BrN3O. The van der Waals surface area contributed by atoms with Crippen LogP contribution in [0.3, 0.4) is 0 Å². The maximum absolute atomic E-state index is 5.98. The van der Waals surface area contributed by atoms with E-state index in [9.17, 15) is 0 Å². The van der Waals surface area contributed by atoms with Crippen molar-refractivity contribution in [2.45, 2.75) is 26.9 Å². The Morgan fingerprint density at radius 1 is 1.32 bits per heavy atom. The van der Waals surface area contributed by atoms with Crippen molar-refractivity contribution in [1.29, 1.82) is 0 Å². The second-order valence-electron chi connectivity index (χ2n) is 4.92. The van der Waals surface area contributed by atoms with Gasteiger partial charge in [-0.1, -0.05) is 15.9 Å². The van der Waals surface area contributed by atoms with Crippen LogP contribution in [0, 0.1) is 13.8 Å². The number of aromatic nitrogens is 2. The first-order valence-electron chi connectivity index (χ1n) is 6.29. The van der Waals surface area contributed by atoms with Gasteiger partial charge >= 0.3 is 0 Å². The molecule has 0 spiro atoms. The van der Waals surface area contributed by atoms with Gasteiger partial charge in [0, 0.05) is 16.5 Å². The highest BCUT2D eigenvalue weighted by Gasteiger charge is 2.21. The predicted octanol–water partition coefficient (Wildman–Crippen LogP) is 2.91. The maximum Gasteiger partial charge on any atom is 0.151 e. The van der Waals surface area contributed by atoms with Crippen molar-refractivity contribution in [2.24, 2.45) is 0 Å². The van der Waals surface area contributed by atoms with Crippen LogP contribution in [-0.4, -0.2) is 16.4 Å². The summed E-state index contributed by atoms with van der Waals surface area (Å²) in [5.41, 5.74) is 11.6. The third kappa shape index (κ3) is 2.07. The third-order valence-electron chi connectivity index (χ3n) is 3.52. The SMILES string of the molecule is Cc1cc(-n2nc(N)c3c2CCOC3)cc(C)c1Br. The van der Waals surface area contributed by atoms with Gasteiger partial charge < -0.3 is 10.5 Å². The average Bonchev–Trinajstić information content (AvgIpc) is 2.74. The standard InChI is InChI=1S/C14H16BrN3O/c1-8-5-10(6-9(2)13(8)15)18-12-3-4-19-7-11(12)14(16)17-18/h5-6H,3-4,7H2,1-2H3,(H2,16,17). The first-order chi connectivity index (χ1) is 9.08. The van der Waals surface area contributed by atoms with E-state index in [4.69, 9.17) is 10.5 Å². The zero-order valence-corrected chi connectivity index (χ0v) is 12.6. The molecule has 1 aliphatic heterocycles. The summed E-state index contributed by atoms with van der Waals surface area (Å²) in [4.78, 5) is 0. The first kappa shape index (κ1) is 12.7. The molecule has 1 aromatic heterocycles. The number of nitrogen functional groups attached to an aromatic ring is 1. The largest absolute Gasteiger partial charge is 0.382 e. The van der Waals surface area contributed by atoms with Crippen LogP contribution < -0.4 is 5.73 Å². The molecular weight excluding hydrogens is 306 g/mol. The van der Waals surface area contributed by atoms with E-state index < -0.39 is 0 Å². The van der Waals surface area contributed by atoms with E-state index in [1.165, 1.54) is 16.8 Å². The molecule has 100 valence electrons. The Morgan fingerprint density at radius 3 is 2.68 bits per heavy atom. The highest BCUT2D eigenvalue weighted by Crippen LogP contribution is 2.29. The number of halogens is 1. The lowest BCUT2D eigenvalue weighted by molar-refractivity contribution is 0.110. The number of nitrogens with two attached hydrogens (primary N) is 1. The molecule has 0 fully saturated rings. The molecule has 0 saturated carbocycles. The van der Waals surface area contributed by atoms with Gasteiger partial charge in [-0.05, 0) is 37.1 Å². The normalized spacial score (nSPS) is 14.5. The second kappa shape index (κ2) is 4.65. The van der Waals surface area contributed by atoms with Crippen LogP contribution in [0.1, 0.15) is 22.4 Å². The molecule has 0 aliphatic carbocycles. The van der Waals surface area contributed by atoms with E-state index in [1.807, 2.05) is 4.68 Å². The lowest BCUT2D eigenvalue weighted by Crippen LogP contribution is -2.13. The van der Waals surface area contributed by atoms with E-state index in [0.29, 0.717) is 12.4 Å². The minimum absolute atomic E-state index is 0.565. The maximum atomic E-state index is 5.98. The Labute approximate surface area is 120 Å².